The summed E-state index contributed by atoms with van der Waals surface area (Å²) in [6.45, 7) is 5.49. The number of hydrogen-bond donors (Lipinski definition) is 0. The minimum atomic E-state index is -0.364. The minimum Gasteiger partial charge on any atom is -0.462 e. The largest absolute Gasteiger partial charge is 0.462 e. The highest BCUT2D eigenvalue weighted by molar-refractivity contribution is 5.86. The maximum absolute atomic E-state index is 11.4. The monoisotopic (exact) mass is 282 g/mol. The van der Waals surface area contributed by atoms with E-state index in [4.69, 9.17) is 9.47 Å². The summed E-state index contributed by atoms with van der Waals surface area (Å²) in [5, 5.41) is 0. The average Bonchev–Trinajstić information content (AvgIpc) is 2.50. The molecule has 0 saturated heterocycles. The van der Waals surface area contributed by atoms with E-state index in [9.17, 15) is 4.79 Å². The summed E-state index contributed by atoms with van der Waals surface area (Å²) in [6.07, 6.45) is 0.599. The first-order valence-corrected chi connectivity index (χ1v) is 6.80. The number of benzene rings is 2. The molecule has 0 N–H and O–H groups in total. The zero-order valence-electron chi connectivity index (χ0n) is 12.0. The van der Waals surface area contributed by atoms with Crippen LogP contribution in [0.1, 0.15) is 12.5 Å². The number of carbonyl (C=O) groups excluding carboxylic acids is 1. The van der Waals surface area contributed by atoms with Gasteiger partial charge in [0.05, 0.1) is 6.61 Å². The van der Waals surface area contributed by atoms with Crippen molar-refractivity contribution in [2.45, 2.75) is 13.3 Å². The van der Waals surface area contributed by atoms with E-state index in [0.29, 0.717) is 18.6 Å². The highest BCUT2D eigenvalue weighted by Gasteiger charge is 2.07. The van der Waals surface area contributed by atoms with Crippen LogP contribution < -0.4 is 4.74 Å². The topological polar surface area (TPSA) is 35.5 Å². The molecule has 0 heterocycles. The first-order chi connectivity index (χ1) is 10.2. The van der Waals surface area contributed by atoms with Gasteiger partial charge in [-0.15, -0.1) is 0 Å². The molecule has 0 bridgehead atoms. The lowest BCUT2D eigenvalue weighted by atomic mass is 10.1. The van der Waals surface area contributed by atoms with Crippen LogP contribution in [-0.2, 0) is 16.0 Å². The SMILES string of the molecule is C=C(C)C(=O)OCCc1ccccc1Oc1ccccc1. The zero-order chi connectivity index (χ0) is 15.1. The molecular weight excluding hydrogens is 264 g/mol. The van der Waals surface area contributed by atoms with E-state index < -0.39 is 0 Å². The normalized spacial score (nSPS) is 9.95. The quantitative estimate of drug-likeness (QED) is 0.590. The fourth-order valence-electron chi connectivity index (χ4n) is 1.80. The van der Waals surface area contributed by atoms with E-state index in [1.807, 2.05) is 54.6 Å². The summed E-state index contributed by atoms with van der Waals surface area (Å²) in [7, 11) is 0. The highest BCUT2D eigenvalue weighted by Crippen LogP contribution is 2.25. The van der Waals surface area contributed by atoms with Crippen molar-refractivity contribution in [2.24, 2.45) is 0 Å². The molecule has 2 aromatic rings. The fourth-order valence-corrected chi connectivity index (χ4v) is 1.80. The van der Waals surface area contributed by atoms with Gasteiger partial charge < -0.3 is 9.47 Å². The second kappa shape index (κ2) is 7.29. The molecule has 0 radical (unpaired) electrons. The molecule has 108 valence electrons. The van der Waals surface area contributed by atoms with Crippen molar-refractivity contribution in [1.29, 1.82) is 0 Å². The van der Waals surface area contributed by atoms with Gasteiger partial charge in [-0.25, -0.2) is 4.79 Å². The second-order valence-corrected chi connectivity index (χ2v) is 4.69. The minimum absolute atomic E-state index is 0.306. The number of carbonyl (C=O) groups is 1. The molecule has 0 fully saturated rings. The van der Waals surface area contributed by atoms with E-state index in [2.05, 4.69) is 6.58 Å². The molecule has 0 saturated carbocycles. The molecule has 0 aliphatic heterocycles. The molecule has 0 aliphatic rings. The molecule has 0 spiro atoms. The predicted molar refractivity (Wildman–Crippen MR) is 82.4 cm³/mol. The predicted octanol–water partition coefficient (Wildman–Crippen LogP) is 4.14. The summed E-state index contributed by atoms with van der Waals surface area (Å²) < 4.78 is 11.0. The van der Waals surface area contributed by atoms with E-state index in [0.717, 1.165) is 17.1 Å². The molecule has 2 aromatic carbocycles. The van der Waals surface area contributed by atoms with Gasteiger partial charge in [-0.1, -0.05) is 43.0 Å². The van der Waals surface area contributed by atoms with Gasteiger partial charge in [0.2, 0.25) is 0 Å². The van der Waals surface area contributed by atoms with Crippen molar-refractivity contribution in [3.63, 3.8) is 0 Å². The third-order valence-corrected chi connectivity index (χ3v) is 2.90. The fraction of sp³-hybridized carbons (Fsp3) is 0.167. The van der Waals surface area contributed by atoms with E-state index in [-0.39, 0.29) is 5.97 Å². The van der Waals surface area contributed by atoms with E-state index in [1.165, 1.54) is 0 Å². The Hall–Kier alpha value is -2.55. The zero-order valence-corrected chi connectivity index (χ0v) is 12.0. The Morgan fingerprint density at radius 1 is 1.05 bits per heavy atom. The van der Waals surface area contributed by atoms with Crippen molar-refractivity contribution in [3.05, 3.63) is 72.3 Å². The maximum Gasteiger partial charge on any atom is 0.333 e. The molecule has 0 amide bonds. The maximum atomic E-state index is 11.4. The van der Waals surface area contributed by atoms with Crippen LogP contribution >= 0.6 is 0 Å². The van der Waals surface area contributed by atoms with Crippen LogP contribution in [0.5, 0.6) is 11.5 Å². The summed E-state index contributed by atoms with van der Waals surface area (Å²) in [6, 6.07) is 17.3. The van der Waals surface area contributed by atoms with Crippen molar-refractivity contribution >= 4 is 5.97 Å². The summed E-state index contributed by atoms with van der Waals surface area (Å²) in [5.41, 5.74) is 1.40. The van der Waals surface area contributed by atoms with Gasteiger partial charge in [0.25, 0.3) is 0 Å². The molecule has 0 atom stereocenters. The van der Waals surface area contributed by atoms with Crippen LogP contribution in [0.25, 0.3) is 0 Å². The van der Waals surface area contributed by atoms with Gasteiger partial charge in [0, 0.05) is 12.0 Å². The Kier molecular flexibility index (Phi) is 5.16. The molecule has 3 nitrogen and oxygen atoms in total. The molecule has 3 heteroatoms. The number of esters is 1. The van der Waals surface area contributed by atoms with Crippen LogP contribution in [0, 0.1) is 0 Å². The molecule has 0 unspecified atom stereocenters. The van der Waals surface area contributed by atoms with Crippen LogP contribution in [0.15, 0.2) is 66.7 Å². The first kappa shape index (κ1) is 14.9. The molecular formula is C18H18O3. The van der Waals surface area contributed by atoms with Gasteiger partial charge in [-0.05, 0) is 30.7 Å². The number of ether oxygens (including phenoxy) is 2. The molecule has 2 rings (SSSR count). The molecule has 21 heavy (non-hydrogen) atoms. The summed E-state index contributed by atoms with van der Waals surface area (Å²) in [5.74, 6) is 1.19. The lowest BCUT2D eigenvalue weighted by Crippen LogP contribution is -2.08. The van der Waals surface area contributed by atoms with Gasteiger partial charge >= 0.3 is 5.97 Å². The Morgan fingerprint density at radius 3 is 2.43 bits per heavy atom. The van der Waals surface area contributed by atoms with Gasteiger partial charge in [-0.2, -0.15) is 0 Å². The summed E-state index contributed by atoms with van der Waals surface area (Å²) in [4.78, 5) is 11.4. The Bertz CT molecular complexity index is 617. The van der Waals surface area contributed by atoms with Crippen molar-refractivity contribution in [3.8, 4) is 11.5 Å². The Morgan fingerprint density at radius 2 is 1.71 bits per heavy atom. The van der Waals surface area contributed by atoms with E-state index >= 15 is 0 Å². The standard InChI is InChI=1S/C18H18O3/c1-14(2)18(19)20-13-12-15-8-6-7-11-17(15)21-16-9-4-3-5-10-16/h3-11H,1,12-13H2,2H3. The number of hydrogen-bond acceptors (Lipinski definition) is 3. The van der Waals surface area contributed by atoms with Gasteiger partial charge in [-0.3, -0.25) is 0 Å². The smallest absolute Gasteiger partial charge is 0.333 e. The third-order valence-electron chi connectivity index (χ3n) is 2.90. The Labute approximate surface area is 124 Å². The van der Waals surface area contributed by atoms with Crippen molar-refractivity contribution in [1.82, 2.24) is 0 Å². The lowest BCUT2D eigenvalue weighted by Gasteiger charge is -2.11. The van der Waals surface area contributed by atoms with Crippen molar-refractivity contribution < 1.29 is 14.3 Å². The molecule has 0 aliphatic carbocycles. The van der Waals surface area contributed by atoms with Gasteiger partial charge in [0.15, 0.2) is 0 Å². The lowest BCUT2D eigenvalue weighted by molar-refractivity contribution is -0.138. The van der Waals surface area contributed by atoms with Crippen LogP contribution in [-0.4, -0.2) is 12.6 Å². The van der Waals surface area contributed by atoms with Crippen LogP contribution in [0.3, 0.4) is 0 Å². The second-order valence-electron chi connectivity index (χ2n) is 4.69. The Balaban J connectivity index is 2.00. The third kappa shape index (κ3) is 4.49. The average molecular weight is 282 g/mol. The van der Waals surface area contributed by atoms with Gasteiger partial charge in [0.1, 0.15) is 11.5 Å². The summed E-state index contributed by atoms with van der Waals surface area (Å²) >= 11 is 0. The van der Waals surface area contributed by atoms with Crippen molar-refractivity contribution in [2.75, 3.05) is 6.61 Å². The first-order valence-electron chi connectivity index (χ1n) is 6.80. The van der Waals surface area contributed by atoms with E-state index in [1.54, 1.807) is 6.92 Å². The highest BCUT2D eigenvalue weighted by atomic mass is 16.5. The molecule has 0 aromatic heterocycles. The number of para-hydroxylation sites is 2. The van der Waals surface area contributed by atoms with Crippen LogP contribution in [0.2, 0.25) is 0 Å². The number of rotatable bonds is 6. The van der Waals surface area contributed by atoms with Crippen LogP contribution in [0.4, 0.5) is 0 Å².